The van der Waals surface area contributed by atoms with Gasteiger partial charge in [0.05, 0.1) is 26.9 Å². The summed E-state index contributed by atoms with van der Waals surface area (Å²) in [4.78, 5) is 49.4. The lowest BCUT2D eigenvalue weighted by Crippen LogP contribution is -1.97. The third-order valence-electron chi connectivity index (χ3n) is 3.82. The number of aromatic carboxylic acids is 1. The van der Waals surface area contributed by atoms with Crippen molar-refractivity contribution in [3.8, 4) is 0 Å². The van der Waals surface area contributed by atoms with Crippen LogP contribution >= 0.6 is 0 Å². The van der Waals surface area contributed by atoms with Crippen LogP contribution in [0.25, 0.3) is 0 Å². The zero-order chi connectivity index (χ0) is 25.7. The molecule has 176 valence electrons. The van der Waals surface area contributed by atoms with Crippen LogP contribution in [0.15, 0.2) is 72.8 Å². The van der Waals surface area contributed by atoms with Gasteiger partial charge >= 0.3 is 5.97 Å². The van der Waals surface area contributed by atoms with Gasteiger partial charge in [0.1, 0.15) is 6.29 Å². The summed E-state index contributed by atoms with van der Waals surface area (Å²) in [5, 5.41) is 47.6. The first-order valence-electron chi connectivity index (χ1n) is 9.10. The van der Waals surface area contributed by atoms with E-state index in [0.717, 1.165) is 6.07 Å². The predicted octanol–water partition coefficient (Wildman–Crippen LogP) is 3.79. The van der Waals surface area contributed by atoms with E-state index in [1.54, 1.807) is 12.1 Å². The third kappa shape index (κ3) is 8.99. The molecule has 34 heavy (non-hydrogen) atoms. The fourth-order valence-corrected chi connectivity index (χ4v) is 2.23. The van der Waals surface area contributed by atoms with Gasteiger partial charge in [0.15, 0.2) is 0 Å². The van der Waals surface area contributed by atoms with Crippen LogP contribution < -0.4 is 0 Å². The Balaban J connectivity index is 0.000000255. The fraction of sp³-hybridized carbons (Fsp3) is 0.0476. The van der Waals surface area contributed by atoms with Crippen molar-refractivity contribution in [2.75, 3.05) is 0 Å². The summed E-state index contributed by atoms with van der Waals surface area (Å²) < 4.78 is 0. The molecule has 0 saturated carbocycles. The van der Waals surface area contributed by atoms with Crippen molar-refractivity contribution < 1.29 is 34.6 Å². The number of aldehydes is 1. The van der Waals surface area contributed by atoms with Crippen LogP contribution in [-0.4, -0.2) is 37.2 Å². The topological polar surface area (TPSA) is 204 Å². The molecular formula is C21H17N3O10. The molecule has 0 unspecified atom stereocenters. The van der Waals surface area contributed by atoms with Crippen molar-refractivity contribution in [3.05, 3.63) is 120 Å². The number of carbonyl (C=O) groups excluding carboxylic acids is 1. The van der Waals surface area contributed by atoms with E-state index in [9.17, 15) is 39.9 Å². The number of carboxylic acid groups (broad SMARTS) is 1. The van der Waals surface area contributed by atoms with Crippen molar-refractivity contribution in [3.63, 3.8) is 0 Å². The predicted molar refractivity (Wildman–Crippen MR) is 118 cm³/mol. The highest BCUT2D eigenvalue weighted by Gasteiger charge is 2.09. The van der Waals surface area contributed by atoms with Crippen LogP contribution in [0.5, 0.6) is 0 Å². The summed E-state index contributed by atoms with van der Waals surface area (Å²) in [6.45, 7) is -0.165. The van der Waals surface area contributed by atoms with E-state index < -0.39 is 20.7 Å². The van der Waals surface area contributed by atoms with Crippen LogP contribution in [0.4, 0.5) is 17.1 Å². The molecule has 0 heterocycles. The number of hydrogen-bond acceptors (Lipinski definition) is 9. The largest absolute Gasteiger partial charge is 0.478 e. The Labute approximate surface area is 191 Å². The number of hydrogen-bond donors (Lipinski definition) is 2. The Bertz CT molecular complexity index is 1170. The van der Waals surface area contributed by atoms with Crippen LogP contribution in [0.2, 0.25) is 0 Å². The summed E-state index contributed by atoms with van der Waals surface area (Å²) in [6.07, 6.45) is 0.576. The minimum Gasteiger partial charge on any atom is -0.478 e. The molecule has 3 aromatic carbocycles. The Morgan fingerprint density at radius 1 is 0.765 bits per heavy atom. The van der Waals surface area contributed by atoms with Crippen molar-refractivity contribution >= 4 is 29.3 Å². The number of carboxylic acids is 1. The molecule has 13 nitrogen and oxygen atoms in total. The van der Waals surface area contributed by atoms with Gasteiger partial charge in [-0.05, 0) is 11.6 Å². The monoisotopic (exact) mass is 471 g/mol. The molecule has 13 heteroatoms. The van der Waals surface area contributed by atoms with E-state index in [0.29, 0.717) is 17.4 Å². The highest BCUT2D eigenvalue weighted by atomic mass is 16.6. The number of non-ortho nitro benzene ring substituents is 3. The Kier molecular flexibility index (Phi) is 10.6. The van der Waals surface area contributed by atoms with Gasteiger partial charge in [0, 0.05) is 42.0 Å². The number of nitro groups is 3. The Morgan fingerprint density at radius 3 is 1.71 bits per heavy atom. The molecule has 3 rings (SSSR count). The van der Waals surface area contributed by atoms with E-state index in [2.05, 4.69) is 0 Å². The smallest absolute Gasteiger partial charge is 0.335 e. The summed E-state index contributed by atoms with van der Waals surface area (Å²) in [6, 6.07) is 16.4. The number of nitrogens with zero attached hydrogens (tertiary/aromatic N) is 3. The first-order valence-corrected chi connectivity index (χ1v) is 9.10. The summed E-state index contributed by atoms with van der Waals surface area (Å²) in [7, 11) is 0. The second kappa shape index (κ2) is 13.4. The number of nitro benzene ring substituents is 3. The van der Waals surface area contributed by atoms with Gasteiger partial charge in [0.25, 0.3) is 17.1 Å². The van der Waals surface area contributed by atoms with Crippen LogP contribution in [0.3, 0.4) is 0 Å². The first-order chi connectivity index (χ1) is 16.1. The van der Waals surface area contributed by atoms with Gasteiger partial charge in [-0.1, -0.05) is 30.3 Å². The first kappa shape index (κ1) is 27.0. The molecule has 0 saturated heterocycles. The van der Waals surface area contributed by atoms with Gasteiger partial charge < -0.3 is 10.2 Å². The lowest BCUT2D eigenvalue weighted by atomic mass is 10.2. The molecule has 0 fully saturated rings. The average Bonchev–Trinajstić information content (AvgIpc) is 2.84. The molecule has 0 aliphatic rings. The van der Waals surface area contributed by atoms with E-state index in [1.807, 2.05) is 0 Å². The van der Waals surface area contributed by atoms with Gasteiger partial charge in [-0.3, -0.25) is 35.1 Å². The molecule has 0 radical (unpaired) electrons. The Morgan fingerprint density at radius 2 is 1.24 bits per heavy atom. The minimum absolute atomic E-state index is 0.0107. The molecule has 0 aliphatic carbocycles. The Hall–Kier alpha value is -5.04. The number of carbonyl (C=O) groups is 2. The van der Waals surface area contributed by atoms with E-state index in [4.69, 9.17) is 10.2 Å². The molecule has 0 bridgehead atoms. The summed E-state index contributed by atoms with van der Waals surface area (Å²) in [5.41, 5.74) is 0.531. The van der Waals surface area contributed by atoms with Gasteiger partial charge in [-0.15, -0.1) is 0 Å². The molecule has 0 atom stereocenters. The normalized spacial score (nSPS) is 9.32. The molecule has 0 spiro atoms. The maximum Gasteiger partial charge on any atom is 0.335 e. The van der Waals surface area contributed by atoms with Crippen molar-refractivity contribution in [1.29, 1.82) is 0 Å². The van der Waals surface area contributed by atoms with Gasteiger partial charge in [-0.25, -0.2) is 4.79 Å². The van der Waals surface area contributed by atoms with Gasteiger partial charge in [-0.2, -0.15) is 0 Å². The molecule has 0 aromatic heterocycles. The SMILES string of the molecule is O=C(O)c1cccc([N+](=O)[O-])c1.O=Cc1cccc([N+](=O)[O-])c1.O=[N+]([O-])c1cccc(CO)c1. The average molecular weight is 471 g/mol. The fourth-order valence-electron chi connectivity index (χ4n) is 2.23. The van der Waals surface area contributed by atoms with E-state index in [-0.39, 0.29) is 29.2 Å². The van der Waals surface area contributed by atoms with E-state index in [1.165, 1.54) is 54.6 Å². The second-order valence-electron chi connectivity index (χ2n) is 6.17. The maximum absolute atomic E-state index is 10.4. The highest BCUT2D eigenvalue weighted by molar-refractivity contribution is 5.88. The highest BCUT2D eigenvalue weighted by Crippen LogP contribution is 2.13. The standard InChI is InChI=1S/C7H5NO4.C7H7NO3.C7H5NO3/c9-7(10)5-2-1-3-6(4-5)8(11)12;2*9-5-6-2-1-3-7(4-6)8(10)11/h1-4H,(H,9,10);1-4,9H,5H2;1-5H. The second-order valence-corrected chi connectivity index (χ2v) is 6.17. The van der Waals surface area contributed by atoms with Crippen LogP contribution in [-0.2, 0) is 6.61 Å². The van der Waals surface area contributed by atoms with Crippen LogP contribution in [0, 0.1) is 30.3 Å². The number of rotatable bonds is 6. The number of aliphatic hydroxyl groups excluding tert-OH is 1. The lowest BCUT2D eigenvalue weighted by Gasteiger charge is -1.93. The molecule has 0 aliphatic heterocycles. The molecule has 2 N–H and O–H groups in total. The quantitative estimate of drug-likeness (QED) is 0.302. The zero-order valence-electron chi connectivity index (χ0n) is 17.2. The van der Waals surface area contributed by atoms with Crippen molar-refractivity contribution in [2.45, 2.75) is 6.61 Å². The third-order valence-corrected chi connectivity index (χ3v) is 3.82. The molecular weight excluding hydrogens is 454 g/mol. The van der Waals surface area contributed by atoms with Crippen molar-refractivity contribution in [2.24, 2.45) is 0 Å². The number of benzene rings is 3. The van der Waals surface area contributed by atoms with Gasteiger partial charge in [0.2, 0.25) is 0 Å². The molecule has 3 aromatic rings. The van der Waals surface area contributed by atoms with Crippen molar-refractivity contribution in [1.82, 2.24) is 0 Å². The van der Waals surface area contributed by atoms with Crippen LogP contribution in [0.1, 0.15) is 26.3 Å². The lowest BCUT2D eigenvalue weighted by molar-refractivity contribution is -0.385. The summed E-state index contributed by atoms with van der Waals surface area (Å²) >= 11 is 0. The maximum atomic E-state index is 10.4. The number of aliphatic hydroxyl groups is 1. The van der Waals surface area contributed by atoms with E-state index >= 15 is 0 Å². The minimum atomic E-state index is -1.17. The zero-order valence-corrected chi connectivity index (χ0v) is 17.2. The molecule has 0 amide bonds. The summed E-state index contributed by atoms with van der Waals surface area (Å²) in [5.74, 6) is -1.17.